The average Bonchev–Trinajstić information content (AvgIpc) is 3.32. The van der Waals surface area contributed by atoms with E-state index in [1.54, 1.807) is 17.5 Å². The minimum atomic E-state index is -3.57. The van der Waals surface area contributed by atoms with Crippen molar-refractivity contribution < 1.29 is 8.42 Å². The second kappa shape index (κ2) is 5.97. The molecule has 25 heavy (non-hydrogen) atoms. The Kier molecular flexibility index (Phi) is 3.89. The summed E-state index contributed by atoms with van der Waals surface area (Å²) in [6.45, 7) is 1.97. The van der Waals surface area contributed by atoms with Gasteiger partial charge in [-0.15, -0.1) is 0 Å². The van der Waals surface area contributed by atoms with E-state index >= 15 is 0 Å². The number of fused-ring (bicyclic) bond motifs is 1. The van der Waals surface area contributed by atoms with Gasteiger partial charge in [0.25, 0.3) is 0 Å². The zero-order valence-electron chi connectivity index (χ0n) is 14.3. The van der Waals surface area contributed by atoms with E-state index in [4.69, 9.17) is 0 Å². The number of hydrogen-bond acceptors (Lipinski definition) is 3. The highest BCUT2D eigenvalue weighted by atomic mass is 32.2. The van der Waals surface area contributed by atoms with Crippen LogP contribution in [0.3, 0.4) is 0 Å². The van der Waals surface area contributed by atoms with Crippen molar-refractivity contribution in [1.29, 1.82) is 0 Å². The lowest BCUT2D eigenvalue weighted by Gasteiger charge is -2.28. The summed E-state index contributed by atoms with van der Waals surface area (Å²) in [5.74, 6) is 0. The molecule has 1 aliphatic rings. The third-order valence-electron chi connectivity index (χ3n) is 4.80. The molecule has 6 heteroatoms. The first-order valence-corrected chi connectivity index (χ1v) is 9.92. The molecule has 0 saturated heterocycles. The lowest BCUT2D eigenvalue weighted by atomic mass is 10.0. The van der Waals surface area contributed by atoms with Crippen LogP contribution >= 0.6 is 0 Å². The van der Waals surface area contributed by atoms with Crippen LogP contribution in [0.1, 0.15) is 31.4 Å². The van der Waals surface area contributed by atoms with E-state index in [1.807, 2.05) is 25.1 Å². The first-order chi connectivity index (χ1) is 12.0. The molecule has 3 aromatic rings. The number of nitrogens with zero attached hydrogens (tertiary/aromatic N) is 3. The first kappa shape index (κ1) is 16.3. The van der Waals surface area contributed by atoms with E-state index < -0.39 is 10.0 Å². The van der Waals surface area contributed by atoms with E-state index in [1.165, 1.54) is 10.9 Å². The van der Waals surface area contributed by atoms with Gasteiger partial charge in [0.15, 0.2) is 0 Å². The first-order valence-electron chi connectivity index (χ1n) is 8.48. The van der Waals surface area contributed by atoms with Gasteiger partial charge < -0.3 is 0 Å². The van der Waals surface area contributed by atoms with Crippen LogP contribution in [0, 0.1) is 0 Å². The normalized spacial score (nSPS) is 16.4. The highest BCUT2D eigenvalue weighted by Crippen LogP contribution is 2.39. The molecule has 130 valence electrons. The van der Waals surface area contributed by atoms with Gasteiger partial charge in [-0.25, -0.2) is 8.42 Å². The maximum absolute atomic E-state index is 13.2. The largest absolute Gasteiger partial charge is 0.274 e. The van der Waals surface area contributed by atoms with Crippen molar-refractivity contribution in [2.24, 2.45) is 7.05 Å². The van der Waals surface area contributed by atoms with Crippen molar-refractivity contribution in [3.05, 3.63) is 60.4 Å². The van der Waals surface area contributed by atoms with Crippen molar-refractivity contribution in [1.82, 2.24) is 14.1 Å². The molecular formula is C19H21N3O2S. The fraction of sp³-hybridized carbons (Fsp3) is 0.316. The molecule has 1 saturated carbocycles. The lowest BCUT2D eigenvalue weighted by molar-refractivity contribution is 0.334. The maximum atomic E-state index is 13.2. The molecule has 0 N–H and O–H groups in total. The average molecular weight is 355 g/mol. The van der Waals surface area contributed by atoms with Crippen LogP contribution in [-0.4, -0.2) is 28.5 Å². The van der Waals surface area contributed by atoms with Gasteiger partial charge in [0, 0.05) is 25.3 Å². The molecule has 1 heterocycles. The van der Waals surface area contributed by atoms with Crippen LogP contribution in [0.15, 0.2) is 59.8 Å². The Morgan fingerprint density at radius 2 is 1.88 bits per heavy atom. The molecule has 2 aromatic carbocycles. The summed E-state index contributed by atoms with van der Waals surface area (Å²) < 4.78 is 29.5. The summed E-state index contributed by atoms with van der Waals surface area (Å²) in [5, 5.41) is 6.31. The fourth-order valence-electron chi connectivity index (χ4n) is 3.32. The zero-order chi connectivity index (χ0) is 17.6. The fourth-order valence-corrected chi connectivity index (χ4v) is 5.17. The highest BCUT2D eigenvalue weighted by molar-refractivity contribution is 7.89. The Hall–Kier alpha value is -2.18. The van der Waals surface area contributed by atoms with Gasteiger partial charge in [0.2, 0.25) is 10.0 Å². The van der Waals surface area contributed by atoms with Crippen LogP contribution in [0.2, 0.25) is 0 Å². The number of aromatic nitrogens is 2. The number of hydrogen-bond donors (Lipinski definition) is 0. The molecule has 0 unspecified atom stereocenters. The number of aryl methyl sites for hydroxylation is 1. The summed E-state index contributed by atoms with van der Waals surface area (Å²) in [7, 11) is -1.84. The van der Waals surface area contributed by atoms with Crippen molar-refractivity contribution in [3.63, 3.8) is 0 Å². The van der Waals surface area contributed by atoms with Gasteiger partial charge in [-0.3, -0.25) is 4.68 Å². The van der Waals surface area contributed by atoms with Crippen LogP contribution in [-0.2, 0) is 17.1 Å². The van der Waals surface area contributed by atoms with E-state index in [9.17, 15) is 8.42 Å². The lowest BCUT2D eigenvalue weighted by Crippen LogP contribution is -2.35. The Balaban J connectivity index is 1.75. The Labute approximate surface area is 147 Å². The van der Waals surface area contributed by atoms with Crippen LogP contribution in [0.25, 0.3) is 10.8 Å². The van der Waals surface area contributed by atoms with E-state index in [2.05, 4.69) is 29.4 Å². The number of sulfonamides is 1. The molecule has 0 amide bonds. The third-order valence-corrected chi connectivity index (χ3v) is 6.78. The van der Waals surface area contributed by atoms with Crippen LogP contribution in [0.4, 0.5) is 0 Å². The molecule has 1 atom stereocenters. The number of rotatable bonds is 5. The summed E-state index contributed by atoms with van der Waals surface area (Å²) in [5.41, 5.74) is 1.01. The molecule has 4 rings (SSSR count). The second-order valence-corrected chi connectivity index (χ2v) is 8.54. The Morgan fingerprint density at radius 3 is 2.52 bits per heavy atom. The predicted octanol–water partition coefficient (Wildman–Crippen LogP) is 3.49. The molecule has 1 fully saturated rings. The topological polar surface area (TPSA) is 55.2 Å². The standard InChI is InChI=1S/C19H21N3O2S/c1-14(16-8-7-15-5-3-4-6-17(15)11-16)22(18-9-10-18)25(23,24)19-12-20-21(2)13-19/h3-8,11-14,18H,9-10H2,1-2H3/t14-/m1/s1. The van der Waals surface area contributed by atoms with Gasteiger partial charge in [-0.1, -0.05) is 36.4 Å². The van der Waals surface area contributed by atoms with E-state index in [-0.39, 0.29) is 17.0 Å². The van der Waals surface area contributed by atoms with Crippen molar-refractivity contribution in [3.8, 4) is 0 Å². The van der Waals surface area contributed by atoms with Crippen LogP contribution in [0.5, 0.6) is 0 Å². The molecule has 0 aliphatic heterocycles. The smallest absolute Gasteiger partial charge is 0.247 e. The Bertz CT molecular complexity index is 1020. The minimum Gasteiger partial charge on any atom is -0.274 e. The number of benzene rings is 2. The SMILES string of the molecule is C[C@H](c1ccc2ccccc2c1)N(C1CC1)S(=O)(=O)c1cnn(C)c1. The molecule has 0 bridgehead atoms. The van der Waals surface area contributed by atoms with Crippen LogP contribution < -0.4 is 0 Å². The highest BCUT2D eigenvalue weighted by Gasteiger charge is 2.42. The summed E-state index contributed by atoms with van der Waals surface area (Å²) in [4.78, 5) is 0.259. The predicted molar refractivity (Wildman–Crippen MR) is 97.6 cm³/mol. The minimum absolute atomic E-state index is 0.0756. The summed E-state index contributed by atoms with van der Waals surface area (Å²) in [6, 6.07) is 14.2. The third kappa shape index (κ3) is 2.96. The maximum Gasteiger partial charge on any atom is 0.247 e. The summed E-state index contributed by atoms with van der Waals surface area (Å²) in [6.07, 6.45) is 4.82. The van der Waals surface area contributed by atoms with Gasteiger partial charge in [0.1, 0.15) is 4.90 Å². The van der Waals surface area contributed by atoms with Gasteiger partial charge in [-0.05, 0) is 42.2 Å². The van der Waals surface area contributed by atoms with Gasteiger partial charge in [-0.2, -0.15) is 9.40 Å². The molecular weight excluding hydrogens is 334 g/mol. The van der Waals surface area contributed by atoms with E-state index in [0.29, 0.717) is 0 Å². The monoisotopic (exact) mass is 355 g/mol. The molecule has 0 radical (unpaired) electrons. The summed E-state index contributed by atoms with van der Waals surface area (Å²) >= 11 is 0. The molecule has 0 spiro atoms. The van der Waals surface area contributed by atoms with Gasteiger partial charge >= 0.3 is 0 Å². The van der Waals surface area contributed by atoms with Crippen molar-refractivity contribution in [2.75, 3.05) is 0 Å². The van der Waals surface area contributed by atoms with Crippen molar-refractivity contribution in [2.45, 2.75) is 36.7 Å². The molecule has 1 aliphatic carbocycles. The quantitative estimate of drug-likeness (QED) is 0.704. The zero-order valence-corrected chi connectivity index (χ0v) is 15.1. The van der Waals surface area contributed by atoms with Crippen molar-refractivity contribution >= 4 is 20.8 Å². The van der Waals surface area contributed by atoms with Gasteiger partial charge in [0.05, 0.1) is 6.20 Å². The molecule has 5 nitrogen and oxygen atoms in total. The van der Waals surface area contributed by atoms with E-state index in [0.717, 1.165) is 29.2 Å². The Morgan fingerprint density at radius 1 is 1.16 bits per heavy atom. The molecule has 1 aromatic heterocycles. The second-order valence-electron chi connectivity index (χ2n) is 6.70.